The number of nitrogens with two attached hydrogens (primary N) is 1. The molecule has 3 aliphatic rings. The summed E-state index contributed by atoms with van der Waals surface area (Å²) in [6.45, 7) is 3.00. The summed E-state index contributed by atoms with van der Waals surface area (Å²) in [5.41, 5.74) is 12.7. The Morgan fingerprint density at radius 3 is 3.04 bits per heavy atom. The normalized spacial score (nSPS) is 41.4. The second-order valence-electron chi connectivity index (χ2n) is 5.35. The maximum absolute atomic E-state index is 10.4. The van der Waals surface area contributed by atoms with Crippen LogP contribution in [0.15, 0.2) is 32.7 Å². The molecule has 1 fully saturated rings. The van der Waals surface area contributed by atoms with E-state index in [1.54, 1.807) is 4.90 Å². The fourth-order valence-corrected chi connectivity index (χ4v) is 2.95. The molecule has 0 aromatic heterocycles. The molecule has 0 radical (unpaired) electrons. The van der Waals surface area contributed by atoms with E-state index in [4.69, 9.17) is 16.0 Å². The minimum atomic E-state index is -1.79. The molecule has 11 nitrogen and oxygen atoms in total. The fourth-order valence-electron chi connectivity index (χ4n) is 2.95. The fraction of sp³-hybridized carbons (Fsp3) is 0.583. The summed E-state index contributed by atoms with van der Waals surface area (Å²) < 4.78 is 5.71. The number of rotatable bonds is 4. The number of nitrogens with zero attached hydrogens (tertiary/aromatic N) is 7. The molecule has 0 amide bonds. The Kier molecular flexibility index (Phi) is 3.78. The van der Waals surface area contributed by atoms with E-state index in [0.717, 1.165) is 0 Å². The molecule has 23 heavy (non-hydrogen) atoms. The Morgan fingerprint density at radius 1 is 1.61 bits per heavy atom. The third-order valence-electron chi connectivity index (χ3n) is 4.17. The van der Waals surface area contributed by atoms with Crippen LogP contribution < -0.4 is 5.73 Å². The zero-order valence-electron chi connectivity index (χ0n) is 12.0. The summed E-state index contributed by atoms with van der Waals surface area (Å²) in [6, 6.07) is -0.449. The van der Waals surface area contributed by atoms with E-state index in [-0.39, 0.29) is 0 Å². The summed E-state index contributed by atoms with van der Waals surface area (Å²) in [5.74, 6) is -0.311. The zero-order chi connectivity index (χ0) is 16.6. The van der Waals surface area contributed by atoms with Crippen LogP contribution >= 0.6 is 0 Å². The standard InChI is InChI=1S/C12H16N8O3/c1-2-6-8(22)12(3-21,18-19-14)23-11(6)20-5-17-7-9(13)15-4-16-10(7)20/h2,4-8,10-11,21-22H,1,3H2,(H2,13,15,16)/t6-,7?,8-,10?,11+,12+/m0/s1. The van der Waals surface area contributed by atoms with Crippen molar-refractivity contribution >= 4 is 18.5 Å². The van der Waals surface area contributed by atoms with Crippen molar-refractivity contribution in [1.82, 2.24) is 4.90 Å². The van der Waals surface area contributed by atoms with E-state index in [1.165, 1.54) is 18.8 Å². The van der Waals surface area contributed by atoms with Gasteiger partial charge in [-0.05, 0) is 5.53 Å². The van der Waals surface area contributed by atoms with Gasteiger partial charge in [0, 0.05) is 4.91 Å². The second kappa shape index (κ2) is 5.63. The van der Waals surface area contributed by atoms with Gasteiger partial charge in [-0.25, -0.2) is 9.98 Å². The van der Waals surface area contributed by atoms with Gasteiger partial charge < -0.3 is 25.6 Å². The lowest BCUT2D eigenvalue weighted by molar-refractivity contribution is -0.133. The zero-order valence-corrected chi connectivity index (χ0v) is 12.0. The third kappa shape index (κ3) is 2.18. The molecule has 2 unspecified atom stereocenters. The molecule has 0 aliphatic carbocycles. The predicted octanol–water partition coefficient (Wildman–Crippen LogP) is -1.06. The highest BCUT2D eigenvalue weighted by Gasteiger charge is 2.56. The van der Waals surface area contributed by atoms with Crippen LogP contribution in [0.4, 0.5) is 0 Å². The first-order valence-corrected chi connectivity index (χ1v) is 6.89. The van der Waals surface area contributed by atoms with Crippen molar-refractivity contribution < 1.29 is 14.9 Å². The number of azide groups is 1. The van der Waals surface area contributed by atoms with Crippen LogP contribution in [0.3, 0.4) is 0 Å². The summed E-state index contributed by atoms with van der Waals surface area (Å²) in [6.07, 6.45) is 1.79. The van der Waals surface area contributed by atoms with Crippen molar-refractivity contribution in [3.8, 4) is 0 Å². The molecule has 0 aromatic rings. The largest absolute Gasteiger partial charge is 0.393 e. The molecule has 3 heterocycles. The molecule has 0 aromatic carbocycles. The number of aliphatic hydroxyl groups excluding tert-OH is 2. The highest BCUT2D eigenvalue weighted by Crippen LogP contribution is 2.40. The molecule has 3 aliphatic heterocycles. The molecular weight excluding hydrogens is 304 g/mol. The van der Waals surface area contributed by atoms with Gasteiger partial charge in [0.25, 0.3) is 0 Å². The molecule has 3 rings (SSSR count). The van der Waals surface area contributed by atoms with Crippen molar-refractivity contribution in [1.29, 1.82) is 0 Å². The molecule has 0 bridgehead atoms. The minimum absolute atomic E-state index is 0.320. The number of hydrogen-bond acceptors (Lipinski definition) is 9. The van der Waals surface area contributed by atoms with Gasteiger partial charge in [0.2, 0.25) is 0 Å². The molecule has 122 valence electrons. The van der Waals surface area contributed by atoms with E-state index in [9.17, 15) is 10.2 Å². The van der Waals surface area contributed by atoms with Crippen molar-refractivity contribution in [3.05, 3.63) is 23.1 Å². The molecule has 0 spiro atoms. The van der Waals surface area contributed by atoms with Gasteiger partial charge in [-0.1, -0.05) is 11.2 Å². The maximum atomic E-state index is 10.4. The first kappa shape index (κ1) is 15.4. The Morgan fingerprint density at radius 2 is 2.39 bits per heavy atom. The Bertz CT molecular complexity index is 642. The monoisotopic (exact) mass is 320 g/mol. The van der Waals surface area contributed by atoms with Crippen molar-refractivity contribution in [2.24, 2.45) is 31.7 Å². The van der Waals surface area contributed by atoms with E-state index in [1.807, 2.05) is 0 Å². The lowest BCUT2D eigenvalue weighted by atomic mass is 9.96. The van der Waals surface area contributed by atoms with E-state index < -0.39 is 42.8 Å². The van der Waals surface area contributed by atoms with Gasteiger partial charge in [0.15, 0.2) is 11.9 Å². The Labute approximate surface area is 131 Å². The van der Waals surface area contributed by atoms with Crippen molar-refractivity contribution in [3.63, 3.8) is 0 Å². The van der Waals surface area contributed by atoms with Crippen LogP contribution in [0.25, 0.3) is 10.4 Å². The topological polar surface area (TPSA) is 165 Å². The van der Waals surface area contributed by atoms with E-state index >= 15 is 0 Å². The molecule has 4 N–H and O–H groups in total. The summed E-state index contributed by atoms with van der Waals surface area (Å²) >= 11 is 0. The van der Waals surface area contributed by atoms with Gasteiger partial charge in [-0.2, -0.15) is 0 Å². The Hall–Kier alpha value is -2.46. The molecule has 1 saturated heterocycles. The third-order valence-corrected chi connectivity index (χ3v) is 4.17. The van der Waals surface area contributed by atoms with Gasteiger partial charge in [0.1, 0.15) is 30.5 Å². The lowest BCUT2D eigenvalue weighted by Crippen LogP contribution is -2.49. The highest BCUT2D eigenvalue weighted by molar-refractivity contribution is 5.96. The SMILES string of the molecule is C=C[C@@H]1[C@H](N2C=NC3C(N)=NC=NC32)O[C@@](CO)(N=[N+]=[N-])[C@H]1O. The average Bonchev–Trinajstić information content (AvgIpc) is 3.09. The van der Waals surface area contributed by atoms with E-state index in [2.05, 4.69) is 31.6 Å². The van der Waals surface area contributed by atoms with Crippen LogP contribution in [0.5, 0.6) is 0 Å². The molecule has 0 saturated carbocycles. The average molecular weight is 320 g/mol. The maximum Gasteiger partial charge on any atom is 0.198 e. The van der Waals surface area contributed by atoms with Crippen molar-refractivity contribution in [2.45, 2.75) is 30.3 Å². The number of amidine groups is 1. The van der Waals surface area contributed by atoms with E-state index in [0.29, 0.717) is 5.84 Å². The quantitative estimate of drug-likeness (QED) is 0.259. The molecular formula is C12H16N8O3. The van der Waals surface area contributed by atoms with Gasteiger partial charge in [-0.15, -0.1) is 6.58 Å². The van der Waals surface area contributed by atoms with Gasteiger partial charge in [-0.3, -0.25) is 4.99 Å². The number of hydrogen-bond donors (Lipinski definition) is 3. The van der Waals surface area contributed by atoms with Crippen LogP contribution in [-0.2, 0) is 4.74 Å². The van der Waals surface area contributed by atoms with Crippen LogP contribution in [-0.4, -0.2) is 70.5 Å². The second-order valence-corrected chi connectivity index (χ2v) is 5.35. The number of ether oxygens (including phenoxy) is 1. The minimum Gasteiger partial charge on any atom is -0.393 e. The van der Waals surface area contributed by atoms with Gasteiger partial charge >= 0.3 is 0 Å². The molecule has 6 atom stereocenters. The predicted molar refractivity (Wildman–Crippen MR) is 81.6 cm³/mol. The van der Waals surface area contributed by atoms with Crippen LogP contribution in [0, 0.1) is 5.92 Å². The Balaban J connectivity index is 1.92. The lowest BCUT2D eigenvalue weighted by Gasteiger charge is -2.33. The highest BCUT2D eigenvalue weighted by atomic mass is 16.6. The summed E-state index contributed by atoms with van der Waals surface area (Å²) in [5, 5.41) is 23.4. The number of fused-ring (bicyclic) bond motifs is 1. The van der Waals surface area contributed by atoms with Crippen LogP contribution in [0.2, 0.25) is 0 Å². The van der Waals surface area contributed by atoms with Crippen molar-refractivity contribution in [2.75, 3.05) is 6.61 Å². The first-order chi connectivity index (χ1) is 11.1. The molecule has 11 heteroatoms. The summed E-state index contributed by atoms with van der Waals surface area (Å²) in [7, 11) is 0. The summed E-state index contributed by atoms with van der Waals surface area (Å²) in [4.78, 5) is 16.7. The van der Waals surface area contributed by atoms with Crippen LogP contribution in [0.1, 0.15) is 0 Å². The van der Waals surface area contributed by atoms with Gasteiger partial charge in [0.05, 0.1) is 18.9 Å². The smallest absolute Gasteiger partial charge is 0.198 e. The number of aliphatic imine (C=N–C) groups is 3. The number of aliphatic hydroxyl groups is 2. The first-order valence-electron chi connectivity index (χ1n) is 6.89.